The Morgan fingerprint density at radius 3 is 2.59 bits per heavy atom. The molecule has 0 aliphatic carbocycles. The SMILES string of the molecule is CCS(=O)(=O)NC1=C(O)C(=O)C(C)(c2cc(F)ccc2F)O1. The Morgan fingerprint density at radius 2 is 2.00 bits per heavy atom. The van der Waals surface area contributed by atoms with Crippen molar-refractivity contribution in [1.29, 1.82) is 0 Å². The van der Waals surface area contributed by atoms with E-state index in [1.807, 2.05) is 4.72 Å². The van der Waals surface area contributed by atoms with E-state index in [1.165, 1.54) is 6.92 Å². The predicted molar refractivity (Wildman–Crippen MR) is 72.1 cm³/mol. The summed E-state index contributed by atoms with van der Waals surface area (Å²) in [5.74, 6) is -4.85. The summed E-state index contributed by atoms with van der Waals surface area (Å²) >= 11 is 0. The minimum Gasteiger partial charge on any atom is -0.501 e. The summed E-state index contributed by atoms with van der Waals surface area (Å²) in [5.41, 5.74) is -2.52. The first-order valence-electron chi connectivity index (χ1n) is 6.24. The lowest BCUT2D eigenvalue weighted by molar-refractivity contribution is -0.132. The van der Waals surface area contributed by atoms with Gasteiger partial charge in [0, 0.05) is 5.56 Å². The standard InChI is InChI=1S/C13H13F2NO5S/c1-3-22(19,20)16-12-10(17)11(18)13(2,21-12)8-6-7(14)4-5-9(8)15/h4-6,16-17H,3H2,1-2H3. The zero-order valence-corrected chi connectivity index (χ0v) is 12.5. The van der Waals surface area contributed by atoms with Crippen molar-refractivity contribution in [3.8, 4) is 0 Å². The van der Waals surface area contributed by atoms with Crippen LogP contribution >= 0.6 is 0 Å². The molecule has 1 aromatic carbocycles. The number of halogens is 2. The molecule has 120 valence electrons. The van der Waals surface area contributed by atoms with Crippen molar-refractivity contribution in [2.75, 3.05) is 5.75 Å². The van der Waals surface area contributed by atoms with E-state index in [4.69, 9.17) is 4.74 Å². The molecule has 9 heteroatoms. The maximum atomic E-state index is 13.9. The fraction of sp³-hybridized carbons (Fsp3) is 0.308. The van der Waals surface area contributed by atoms with Crippen molar-refractivity contribution in [3.63, 3.8) is 0 Å². The lowest BCUT2D eigenvalue weighted by atomic mass is 9.91. The number of aliphatic hydroxyl groups excluding tert-OH is 1. The first kappa shape index (κ1) is 16.2. The minimum atomic E-state index is -3.82. The molecule has 1 heterocycles. The highest BCUT2D eigenvalue weighted by Gasteiger charge is 2.50. The largest absolute Gasteiger partial charge is 0.501 e. The maximum Gasteiger partial charge on any atom is 0.250 e. The summed E-state index contributed by atoms with van der Waals surface area (Å²) in [5, 5.41) is 9.74. The molecule has 0 radical (unpaired) electrons. The number of carbonyl (C=O) groups excluding carboxylic acids is 1. The summed E-state index contributed by atoms with van der Waals surface area (Å²) in [6, 6.07) is 2.41. The number of aliphatic hydroxyl groups is 1. The number of ether oxygens (including phenoxy) is 1. The molecule has 1 atom stereocenters. The molecule has 1 aliphatic rings. The molecular formula is C13H13F2NO5S. The van der Waals surface area contributed by atoms with Crippen LogP contribution in [0.4, 0.5) is 8.78 Å². The van der Waals surface area contributed by atoms with E-state index in [-0.39, 0.29) is 5.75 Å². The van der Waals surface area contributed by atoms with E-state index >= 15 is 0 Å². The second-order valence-corrected chi connectivity index (χ2v) is 6.78. The highest BCUT2D eigenvalue weighted by molar-refractivity contribution is 7.89. The second-order valence-electron chi connectivity index (χ2n) is 4.77. The van der Waals surface area contributed by atoms with Gasteiger partial charge in [0.25, 0.3) is 5.78 Å². The Morgan fingerprint density at radius 1 is 1.36 bits per heavy atom. The van der Waals surface area contributed by atoms with Crippen LogP contribution in [-0.4, -0.2) is 25.1 Å². The van der Waals surface area contributed by atoms with Gasteiger partial charge >= 0.3 is 0 Å². The van der Waals surface area contributed by atoms with E-state index in [0.717, 1.165) is 25.1 Å². The molecule has 0 saturated heterocycles. The number of rotatable bonds is 4. The second kappa shape index (κ2) is 5.24. The molecule has 0 fully saturated rings. The molecule has 0 amide bonds. The van der Waals surface area contributed by atoms with Crippen LogP contribution in [0.15, 0.2) is 29.8 Å². The Kier molecular flexibility index (Phi) is 3.86. The van der Waals surface area contributed by atoms with Gasteiger partial charge in [-0.05, 0) is 32.0 Å². The van der Waals surface area contributed by atoms with Crippen LogP contribution in [0.25, 0.3) is 0 Å². The number of benzene rings is 1. The van der Waals surface area contributed by atoms with Crippen LogP contribution in [-0.2, 0) is 25.2 Å². The van der Waals surface area contributed by atoms with Crippen molar-refractivity contribution in [3.05, 3.63) is 47.0 Å². The third kappa shape index (κ3) is 2.63. The van der Waals surface area contributed by atoms with Gasteiger partial charge in [-0.15, -0.1) is 0 Å². The first-order valence-corrected chi connectivity index (χ1v) is 7.89. The molecule has 22 heavy (non-hydrogen) atoms. The molecular weight excluding hydrogens is 320 g/mol. The van der Waals surface area contributed by atoms with E-state index in [9.17, 15) is 27.1 Å². The molecule has 2 N–H and O–H groups in total. The van der Waals surface area contributed by atoms with Crippen molar-refractivity contribution in [1.82, 2.24) is 4.72 Å². The molecule has 1 unspecified atom stereocenters. The monoisotopic (exact) mass is 333 g/mol. The van der Waals surface area contributed by atoms with Gasteiger partial charge in [0.05, 0.1) is 5.75 Å². The highest BCUT2D eigenvalue weighted by Crippen LogP contribution is 2.38. The molecule has 2 rings (SSSR count). The number of carbonyl (C=O) groups is 1. The highest BCUT2D eigenvalue weighted by atomic mass is 32.2. The van der Waals surface area contributed by atoms with Gasteiger partial charge in [-0.1, -0.05) is 0 Å². The predicted octanol–water partition coefficient (Wildman–Crippen LogP) is 1.45. The average molecular weight is 333 g/mol. The quantitative estimate of drug-likeness (QED) is 0.870. The lowest BCUT2D eigenvalue weighted by Crippen LogP contribution is -2.33. The third-order valence-corrected chi connectivity index (χ3v) is 4.50. The van der Waals surface area contributed by atoms with Crippen LogP contribution in [0.2, 0.25) is 0 Å². The summed E-state index contributed by atoms with van der Waals surface area (Å²) in [6.45, 7) is 2.44. The normalized spacial score (nSPS) is 21.9. The summed E-state index contributed by atoms with van der Waals surface area (Å²) in [7, 11) is -3.82. The smallest absolute Gasteiger partial charge is 0.250 e. The van der Waals surface area contributed by atoms with E-state index < -0.39 is 50.2 Å². The van der Waals surface area contributed by atoms with Gasteiger partial charge in [0.1, 0.15) is 11.6 Å². The van der Waals surface area contributed by atoms with Crippen LogP contribution in [0.1, 0.15) is 19.4 Å². The first-order chi connectivity index (χ1) is 10.1. The molecule has 6 nitrogen and oxygen atoms in total. The number of nitrogens with one attached hydrogen (secondary N) is 1. The van der Waals surface area contributed by atoms with Crippen LogP contribution in [0.3, 0.4) is 0 Å². The van der Waals surface area contributed by atoms with Crippen molar-refractivity contribution in [2.45, 2.75) is 19.4 Å². The Hall–Kier alpha value is -2.16. The fourth-order valence-corrected chi connectivity index (χ4v) is 2.52. The van der Waals surface area contributed by atoms with Crippen molar-refractivity contribution in [2.24, 2.45) is 0 Å². The van der Waals surface area contributed by atoms with Gasteiger partial charge in [-0.3, -0.25) is 9.52 Å². The lowest BCUT2D eigenvalue weighted by Gasteiger charge is -2.24. The topological polar surface area (TPSA) is 92.7 Å². The summed E-state index contributed by atoms with van der Waals surface area (Å²) in [4.78, 5) is 12.1. The van der Waals surface area contributed by atoms with Crippen molar-refractivity contribution < 1.29 is 31.8 Å². The number of hydrogen-bond acceptors (Lipinski definition) is 5. The van der Waals surface area contributed by atoms with E-state index in [2.05, 4.69) is 0 Å². The third-order valence-electron chi connectivity index (χ3n) is 3.24. The fourth-order valence-electron chi connectivity index (χ4n) is 1.95. The number of ketones is 1. The molecule has 0 spiro atoms. The van der Waals surface area contributed by atoms with Gasteiger partial charge in [-0.2, -0.15) is 0 Å². The number of Topliss-reactive ketones (excluding diaryl/α,β-unsaturated/α-hetero) is 1. The molecule has 1 aromatic rings. The van der Waals surface area contributed by atoms with Gasteiger partial charge in [0.15, 0.2) is 0 Å². The average Bonchev–Trinajstić information content (AvgIpc) is 2.66. The number of sulfonamides is 1. The Bertz CT molecular complexity index is 775. The molecule has 0 saturated carbocycles. The minimum absolute atomic E-state index is 0.327. The number of hydrogen-bond donors (Lipinski definition) is 2. The Balaban J connectivity index is 2.45. The maximum absolute atomic E-state index is 13.9. The molecule has 0 bridgehead atoms. The molecule has 1 aliphatic heterocycles. The summed E-state index contributed by atoms with van der Waals surface area (Å²) < 4.78 is 57.1. The zero-order valence-electron chi connectivity index (χ0n) is 11.7. The Labute approximate surface area is 125 Å². The molecule has 0 aromatic heterocycles. The van der Waals surface area contributed by atoms with Crippen molar-refractivity contribution >= 4 is 15.8 Å². The van der Waals surface area contributed by atoms with Gasteiger partial charge < -0.3 is 9.84 Å². The summed E-state index contributed by atoms with van der Waals surface area (Å²) in [6.07, 6.45) is 0. The van der Waals surface area contributed by atoms with E-state index in [1.54, 1.807) is 0 Å². The van der Waals surface area contributed by atoms with Crippen LogP contribution in [0.5, 0.6) is 0 Å². The zero-order chi connectivity index (χ0) is 16.7. The van der Waals surface area contributed by atoms with Crippen LogP contribution in [0, 0.1) is 11.6 Å². The van der Waals surface area contributed by atoms with Gasteiger partial charge in [-0.25, -0.2) is 17.2 Å². The van der Waals surface area contributed by atoms with E-state index in [0.29, 0.717) is 0 Å². The van der Waals surface area contributed by atoms with Crippen LogP contribution < -0.4 is 4.72 Å². The van der Waals surface area contributed by atoms with Gasteiger partial charge in [0.2, 0.25) is 27.3 Å².